The number of benzene rings is 1. The molecule has 3 rings (SSSR count). The van der Waals surface area contributed by atoms with Crippen molar-refractivity contribution in [1.29, 1.82) is 0 Å². The van der Waals surface area contributed by atoms with Crippen molar-refractivity contribution in [2.45, 2.75) is 31.4 Å². The second-order valence-corrected chi connectivity index (χ2v) is 6.33. The third kappa shape index (κ3) is 2.51. The Hall–Kier alpha value is -1.59. The minimum atomic E-state index is -0.918. The number of nitrogens with one attached hydrogen (secondary N) is 1. The summed E-state index contributed by atoms with van der Waals surface area (Å²) in [5.41, 5.74) is -0.184. The highest BCUT2D eigenvalue weighted by Gasteiger charge is 2.56. The minimum Gasteiger partial charge on any atom is -0.387 e. The third-order valence-electron chi connectivity index (χ3n) is 4.31. The van der Waals surface area contributed by atoms with Gasteiger partial charge in [-0.1, -0.05) is 23.7 Å². The summed E-state index contributed by atoms with van der Waals surface area (Å²) < 4.78 is 0. The highest BCUT2D eigenvalue weighted by molar-refractivity contribution is 6.30. The normalized spacial score (nSPS) is 26.9. The van der Waals surface area contributed by atoms with Crippen LogP contribution in [-0.4, -0.2) is 34.0 Å². The monoisotopic (exact) mass is 308 g/mol. The number of urea groups is 1. The van der Waals surface area contributed by atoms with Gasteiger partial charge in [-0.2, -0.15) is 0 Å². The van der Waals surface area contributed by atoms with Crippen LogP contribution in [0.25, 0.3) is 0 Å². The number of carbonyl (C=O) groups is 2. The number of amides is 3. The van der Waals surface area contributed by atoms with Crippen LogP contribution < -0.4 is 5.32 Å². The number of hydrogen-bond donors (Lipinski definition) is 2. The Balaban J connectivity index is 1.73. The molecule has 1 aliphatic heterocycles. The lowest BCUT2D eigenvalue weighted by atomic mass is 9.96. The zero-order chi connectivity index (χ0) is 15.2. The topological polar surface area (TPSA) is 69.6 Å². The zero-order valence-electron chi connectivity index (χ0n) is 11.7. The fraction of sp³-hybridized carbons (Fsp3) is 0.467. The number of carbonyl (C=O) groups excluding carboxylic acids is 2. The standard InChI is InChI=1S/C15H17ClN2O3/c1-15(10-4-5-10)13(20)18(14(21)17-15)8-12(19)9-2-6-11(16)7-3-9/h2-3,6-7,10,12,19H,4-5,8H2,1H3,(H,17,21). The lowest BCUT2D eigenvalue weighted by molar-refractivity contribution is -0.132. The first kappa shape index (κ1) is 14.4. The molecule has 3 amide bonds. The van der Waals surface area contributed by atoms with Gasteiger partial charge in [-0.05, 0) is 43.4 Å². The predicted octanol–water partition coefficient (Wildman–Crippen LogP) is 2.09. The summed E-state index contributed by atoms with van der Waals surface area (Å²) in [6.45, 7) is 1.72. The summed E-state index contributed by atoms with van der Waals surface area (Å²) in [5.74, 6) is -0.0327. The van der Waals surface area contributed by atoms with Crippen LogP contribution in [0.15, 0.2) is 24.3 Å². The molecule has 0 bridgehead atoms. The molecule has 2 aliphatic rings. The average molecular weight is 309 g/mol. The molecule has 112 valence electrons. The molecule has 2 N–H and O–H groups in total. The summed E-state index contributed by atoms with van der Waals surface area (Å²) in [7, 11) is 0. The second-order valence-electron chi connectivity index (χ2n) is 5.89. The number of aliphatic hydroxyl groups excluding tert-OH is 1. The molecule has 1 aromatic carbocycles. The Morgan fingerprint density at radius 1 is 1.38 bits per heavy atom. The van der Waals surface area contributed by atoms with Crippen LogP contribution in [0.5, 0.6) is 0 Å². The molecule has 0 spiro atoms. The number of halogens is 1. The van der Waals surface area contributed by atoms with Crippen LogP contribution in [-0.2, 0) is 4.79 Å². The fourth-order valence-corrected chi connectivity index (χ4v) is 2.91. The van der Waals surface area contributed by atoms with Gasteiger partial charge in [-0.3, -0.25) is 9.69 Å². The largest absolute Gasteiger partial charge is 0.387 e. The Morgan fingerprint density at radius 3 is 2.57 bits per heavy atom. The Morgan fingerprint density at radius 2 is 2.00 bits per heavy atom. The van der Waals surface area contributed by atoms with E-state index in [1.807, 2.05) is 0 Å². The highest BCUT2D eigenvalue weighted by Crippen LogP contribution is 2.42. The Kier molecular flexibility index (Phi) is 3.42. The molecule has 1 saturated carbocycles. The van der Waals surface area contributed by atoms with E-state index < -0.39 is 17.7 Å². The predicted molar refractivity (Wildman–Crippen MR) is 77.8 cm³/mol. The highest BCUT2D eigenvalue weighted by atomic mass is 35.5. The fourth-order valence-electron chi connectivity index (χ4n) is 2.78. The van der Waals surface area contributed by atoms with Gasteiger partial charge in [0.1, 0.15) is 5.54 Å². The van der Waals surface area contributed by atoms with Crippen molar-refractivity contribution in [3.05, 3.63) is 34.9 Å². The molecule has 1 saturated heterocycles. The maximum atomic E-state index is 12.5. The van der Waals surface area contributed by atoms with Gasteiger partial charge in [-0.25, -0.2) is 4.79 Å². The Bertz CT molecular complexity index is 585. The molecule has 2 fully saturated rings. The smallest absolute Gasteiger partial charge is 0.325 e. The molecular formula is C15H17ClN2O3. The van der Waals surface area contributed by atoms with Crippen molar-refractivity contribution < 1.29 is 14.7 Å². The first-order valence-corrected chi connectivity index (χ1v) is 7.37. The van der Waals surface area contributed by atoms with Crippen LogP contribution in [0.2, 0.25) is 5.02 Å². The molecule has 0 radical (unpaired) electrons. The van der Waals surface area contributed by atoms with Crippen molar-refractivity contribution in [3.8, 4) is 0 Å². The summed E-state index contributed by atoms with van der Waals surface area (Å²) in [4.78, 5) is 25.6. The van der Waals surface area contributed by atoms with Gasteiger partial charge in [0.25, 0.3) is 5.91 Å². The van der Waals surface area contributed by atoms with Crippen LogP contribution in [0.1, 0.15) is 31.4 Å². The van der Waals surface area contributed by atoms with E-state index >= 15 is 0 Å². The summed E-state index contributed by atoms with van der Waals surface area (Å²) in [5, 5.41) is 13.5. The van der Waals surface area contributed by atoms with E-state index in [9.17, 15) is 14.7 Å². The van der Waals surface area contributed by atoms with Gasteiger partial charge in [0.2, 0.25) is 0 Å². The lowest BCUT2D eigenvalue weighted by Gasteiger charge is -2.22. The summed E-state index contributed by atoms with van der Waals surface area (Å²) in [6.07, 6.45) is 0.991. The van der Waals surface area contributed by atoms with Gasteiger partial charge in [0.05, 0.1) is 12.6 Å². The van der Waals surface area contributed by atoms with E-state index in [4.69, 9.17) is 11.6 Å². The molecule has 1 aromatic rings. The zero-order valence-corrected chi connectivity index (χ0v) is 12.4. The van der Waals surface area contributed by atoms with Crippen LogP contribution in [0.3, 0.4) is 0 Å². The molecule has 1 heterocycles. The average Bonchev–Trinajstić information content (AvgIpc) is 3.26. The van der Waals surface area contributed by atoms with E-state index in [1.54, 1.807) is 31.2 Å². The van der Waals surface area contributed by atoms with E-state index in [0.29, 0.717) is 10.6 Å². The number of nitrogens with zero attached hydrogens (tertiary/aromatic N) is 1. The molecule has 2 unspecified atom stereocenters. The molecule has 21 heavy (non-hydrogen) atoms. The van der Waals surface area contributed by atoms with E-state index in [1.165, 1.54) is 0 Å². The molecule has 0 aromatic heterocycles. The van der Waals surface area contributed by atoms with E-state index in [2.05, 4.69) is 5.32 Å². The quantitative estimate of drug-likeness (QED) is 0.837. The number of β-amino-alcohol motifs (C(OH)–C–C–N with tert-alkyl or cyclic N) is 1. The van der Waals surface area contributed by atoms with Gasteiger partial charge in [0.15, 0.2) is 0 Å². The SMILES string of the molecule is CC1(C2CC2)NC(=O)N(CC(O)c2ccc(Cl)cc2)C1=O. The molecule has 2 atom stereocenters. The van der Waals surface area contributed by atoms with Crippen LogP contribution in [0, 0.1) is 5.92 Å². The van der Waals surface area contributed by atoms with Crippen molar-refractivity contribution in [3.63, 3.8) is 0 Å². The minimum absolute atomic E-state index is 0.0470. The van der Waals surface area contributed by atoms with E-state index in [-0.39, 0.29) is 18.4 Å². The van der Waals surface area contributed by atoms with Crippen molar-refractivity contribution in [1.82, 2.24) is 10.2 Å². The molecule has 5 nitrogen and oxygen atoms in total. The molecule has 6 heteroatoms. The maximum Gasteiger partial charge on any atom is 0.325 e. The number of hydrogen-bond acceptors (Lipinski definition) is 3. The molecular weight excluding hydrogens is 292 g/mol. The van der Waals surface area contributed by atoms with Gasteiger partial charge in [0, 0.05) is 5.02 Å². The van der Waals surface area contributed by atoms with E-state index in [0.717, 1.165) is 17.7 Å². The summed E-state index contributed by atoms with van der Waals surface area (Å²) >= 11 is 5.80. The lowest BCUT2D eigenvalue weighted by Crippen LogP contribution is -2.46. The number of aliphatic hydroxyl groups is 1. The number of imide groups is 1. The summed E-state index contributed by atoms with van der Waals surface area (Å²) in [6, 6.07) is 6.28. The molecule has 1 aliphatic carbocycles. The number of rotatable bonds is 4. The first-order chi connectivity index (χ1) is 9.91. The Labute approximate surface area is 127 Å². The van der Waals surface area contributed by atoms with Crippen molar-refractivity contribution in [2.75, 3.05) is 6.54 Å². The third-order valence-corrected chi connectivity index (χ3v) is 4.56. The van der Waals surface area contributed by atoms with Crippen LogP contribution >= 0.6 is 11.6 Å². The van der Waals surface area contributed by atoms with Crippen molar-refractivity contribution >= 4 is 23.5 Å². The first-order valence-electron chi connectivity index (χ1n) is 6.99. The van der Waals surface area contributed by atoms with Crippen LogP contribution in [0.4, 0.5) is 4.79 Å². The van der Waals surface area contributed by atoms with Crippen molar-refractivity contribution in [2.24, 2.45) is 5.92 Å². The van der Waals surface area contributed by atoms with Gasteiger partial charge < -0.3 is 10.4 Å². The van der Waals surface area contributed by atoms with Gasteiger partial charge in [-0.15, -0.1) is 0 Å². The maximum absolute atomic E-state index is 12.5. The van der Waals surface area contributed by atoms with Gasteiger partial charge >= 0.3 is 6.03 Å². The second kappa shape index (κ2) is 5.00.